The first-order valence-corrected chi connectivity index (χ1v) is 7.97. The maximum absolute atomic E-state index is 4.62. The Kier molecular flexibility index (Phi) is 5.99. The molecule has 0 aromatic carbocycles. The maximum atomic E-state index is 4.62. The molecule has 0 aromatic rings. The Morgan fingerprint density at radius 3 is 2.33 bits per heavy atom. The quantitative estimate of drug-likeness (QED) is 0.833. The summed E-state index contributed by atoms with van der Waals surface area (Å²) in [7, 11) is 0. The molecule has 4 heteroatoms. The normalized spacial score (nSPS) is 19.5. The number of thioether (sulfide) groups is 1. The fourth-order valence-corrected chi connectivity index (χ4v) is 3.13. The van der Waals surface area contributed by atoms with E-state index in [0.717, 1.165) is 30.6 Å². The highest BCUT2D eigenvalue weighted by atomic mass is 32.2. The summed E-state index contributed by atoms with van der Waals surface area (Å²) in [4.78, 5) is 7.12. The van der Waals surface area contributed by atoms with Gasteiger partial charge in [-0.3, -0.25) is 9.89 Å². The molecular weight excluding hydrogens is 242 g/mol. The van der Waals surface area contributed by atoms with Gasteiger partial charge in [0.05, 0.1) is 0 Å². The van der Waals surface area contributed by atoms with Crippen molar-refractivity contribution in [3.05, 3.63) is 0 Å². The van der Waals surface area contributed by atoms with Crippen molar-refractivity contribution in [1.82, 2.24) is 10.2 Å². The highest BCUT2D eigenvalue weighted by Gasteiger charge is 2.23. The van der Waals surface area contributed by atoms with Crippen LogP contribution < -0.4 is 5.32 Å². The largest absolute Gasteiger partial charge is 0.364 e. The Morgan fingerprint density at radius 2 is 1.89 bits per heavy atom. The van der Waals surface area contributed by atoms with Gasteiger partial charge in [-0.15, -0.1) is 0 Å². The zero-order valence-electron chi connectivity index (χ0n) is 12.8. The van der Waals surface area contributed by atoms with Gasteiger partial charge in [-0.2, -0.15) is 0 Å². The number of hydrogen-bond acceptors (Lipinski definition) is 4. The second-order valence-electron chi connectivity index (χ2n) is 6.43. The van der Waals surface area contributed by atoms with Crippen LogP contribution in [0.1, 0.15) is 41.5 Å². The Morgan fingerprint density at radius 1 is 1.28 bits per heavy atom. The lowest BCUT2D eigenvalue weighted by Crippen LogP contribution is -2.42. The van der Waals surface area contributed by atoms with Crippen molar-refractivity contribution in [2.24, 2.45) is 10.4 Å². The predicted octanol–water partition coefficient (Wildman–Crippen LogP) is 2.82. The minimum Gasteiger partial charge on any atom is -0.364 e. The highest BCUT2D eigenvalue weighted by Crippen LogP contribution is 2.26. The molecule has 0 radical (unpaired) electrons. The molecule has 0 aliphatic carbocycles. The molecule has 0 unspecified atom stereocenters. The third-order valence-electron chi connectivity index (χ3n) is 3.22. The van der Waals surface area contributed by atoms with E-state index < -0.39 is 0 Å². The fraction of sp³-hybridized carbons (Fsp3) is 0.929. The summed E-state index contributed by atoms with van der Waals surface area (Å²) in [6.07, 6.45) is 0. The molecular formula is C14H29N3S. The van der Waals surface area contributed by atoms with Crippen LogP contribution in [0.15, 0.2) is 4.99 Å². The third-order valence-corrected chi connectivity index (χ3v) is 4.70. The lowest BCUT2D eigenvalue weighted by atomic mass is 9.97. The Bertz CT molecular complexity index is 277. The van der Waals surface area contributed by atoms with Gasteiger partial charge in [0.2, 0.25) is 0 Å². The van der Waals surface area contributed by atoms with E-state index in [9.17, 15) is 0 Å². The first-order valence-electron chi connectivity index (χ1n) is 6.99. The number of nitrogens with zero attached hydrogens (tertiary/aromatic N) is 2. The van der Waals surface area contributed by atoms with E-state index in [4.69, 9.17) is 0 Å². The summed E-state index contributed by atoms with van der Waals surface area (Å²) in [5.74, 6) is 1.16. The summed E-state index contributed by atoms with van der Waals surface area (Å²) in [5.41, 5.74) is 0.359. The van der Waals surface area contributed by atoms with Crippen molar-refractivity contribution in [3.63, 3.8) is 0 Å². The first-order chi connectivity index (χ1) is 8.32. The average Bonchev–Trinajstić information content (AvgIpc) is 2.25. The zero-order valence-corrected chi connectivity index (χ0v) is 13.6. The minimum atomic E-state index is 0.359. The summed E-state index contributed by atoms with van der Waals surface area (Å²) in [5, 5.41) is 4.60. The van der Waals surface area contributed by atoms with Crippen molar-refractivity contribution in [3.8, 4) is 0 Å². The van der Waals surface area contributed by atoms with Crippen LogP contribution in [0.4, 0.5) is 0 Å². The summed E-state index contributed by atoms with van der Waals surface area (Å²) < 4.78 is 0. The monoisotopic (exact) mass is 271 g/mol. The van der Waals surface area contributed by atoms with Crippen LogP contribution in [0.2, 0.25) is 0 Å². The van der Waals surface area contributed by atoms with Crippen LogP contribution in [0.5, 0.6) is 0 Å². The van der Waals surface area contributed by atoms with E-state index in [1.165, 1.54) is 0 Å². The number of nitrogens with one attached hydrogen (secondary N) is 1. The van der Waals surface area contributed by atoms with Gasteiger partial charge < -0.3 is 5.32 Å². The molecule has 0 bridgehead atoms. The Labute approximate surface area is 117 Å². The van der Waals surface area contributed by atoms with Gasteiger partial charge in [-0.1, -0.05) is 25.6 Å². The topological polar surface area (TPSA) is 27.6 Å². The Hall–Kier alpha value is -0.220. The highest BCUT2D eigenvalue weighted by molar-refractivity contribution is 8.13. The smallest absolute Gasteiger partial charge is 0.156 e. The number of aliphatic imine (C=N–C) groups is 1. The number of amidine groups is 1. The summed E-state index contributed by atoms with van der Waals surface area (Å²) in [6.45, 7) is 16.6. The number of rotatable bonds is 5. The maximum Gasteiger partial charge on any atom is 0.156 e. The lowest BCUT2D eigenvalue weighted by molar-refractivity contribution is 0.178. The van der Waals surface area contributed by atoms with Crippen molar-refractivity contribution in [1.29, 1.82) is 0 Å². The molecule has 1 N–H and O–H groups in total. The van der Waals surface area contributed by atoms with Crippen molar-refractivity contribution >= 4 is 16.9 Å². The molecule has 106 valence electrons. The molecule has 1 heterocycles. The number of hydrogen-bond donors (Lipinski definition) is 1. The van der Waals surface area contributed by atoms with Crippen LogP contribution in [-0.2, 0) is 0 Å². The van der Waals surface area contributed by atoms with Crippen LogP contribution in [-0.4, -0.2) is 47.5 Å². The third kappa shape index (κ3) is 5.19. The summed E-state index contributed by atoms with van der Waals surface area (Å²) in [6, 6.07) is 1.21. The van der Waals surface area contributed by atoms with Gasteiger partial charge >= 0.3 is 0 Å². The van der Waals surface area contributed by atoms with E-state index in [1.807, 2.05) is 11.8 Å². The molecule has 0 saturated carbocycles. The van der Waals surface area contributed by atoms with E-state index in [2.05, 4.69) is 56.8 Å². The van der Waals surface area contributed by atoms with E-state index in [-0.39, 0.29) is 0 Å². The molecule has 0 saturated heterocycles. The molecule has 0 aromatic heterocycles. The predicted molar refractivity (Wildman–Crippen MR) is 83.5 cm³/mol. The second kappa shape index (κ2) is 6.80. The zero-order chi connectivity index (χ0) is 13.8. The fourth-order valence-electron chi connectivity index (χ4n) is 2.15. The first kappa shape index (κ1) is 15.8. The molecule has 1 aliphatic rings. The van der Waals surface area contributed by atoms with Crippen molar-refractivity contribution in [2.75, 3.05) is 25.4 Å². The van der Waals surface area contributed by atoms with Gasteiger partial charge in [0.1, 0.15) is 0 Å². The van der Waals surface area contributed by atoms with Crippen LogP contribution in [0.3, 0.4) is 0 Å². The van der Waals surface area contributed by atoms with E-state index >= 15 is 0 Å². The molecule has 0 atom stereocenters. The van der Waals surface area contributed by atoms with Crippen molar-refractivity contribution < 1.29 is 0 Å². The second-order valence-corrected chi connectivity index (χ2v) is 7.39. The van der Waals surface area contributed by atoms with Crippen molar-refractivity contribution in [2.45, 2.75) is 53.6 Å². The van der Waals surface area contributed by atoms with Gasteiger partial charge in [0, 0.05) is 37.5 Å². The molecule has 1 aliphatic heterocycles. The molecule has 1 rings (SSSR count). The Balaban J connectivity index is 2.32. The molecule has 0 amide bonds. The van der Waals surface area contributed by atoms with Crippen LogP contribution in [0.25, 0.3) is 0 Å². The molecule has 0 spiro atoms. The van der Waals surface area contributed by atoms with E-state index in [0.29, 0.717) is 17.5 Å². The molecule has 18 heavy (non-hydrogen) atoms. The van der Waals surface area contributed by atoms with Gasteiger partial charge in [-0.25, -0.2) is 0 Å². The van der Waals surface area contributed by atoms with E-state index in [1.54, 1.807) is 0 Å². The molecule has 3 nitrogen and oxygen atoms in total. The van der Waals surface area contributed by atoms with Crippen LogP contribution >= 0.6 is 11.8 Å². The summed E-state index contributed by atoms with van der Waals surface area (Å²) >= 11 is 1.86. The molecule has 0 fully saturated rings. The van der Waals surface area contributed by atoms with Gasteiger partial charge in [-0.05, 0) is 33.1 Å². The van der Waals surface area contributed by atoms with Gasteiger partial charge in [0.15, 0.2) is 5.17 Å². The SMILES string of the molecule is CC(C)N(CCNC1=NCC(C)(C)CS1)C(C)C. The minimum absolute atomic E-state index is 0.359. The average molecular weight is 271 g/mol. The standard InChI is InChI=1S/C14H29N3S/c1-11(2)17(12(3)4)8-7-15-13-16-9-14(5,6)10-18-13/h11-12H,7-10H2,1-6H3,(H,15,16). The lowest BCUT2D eigenvalue weighted by Gasteiger charge is -2.31. The van der Waals surface area contributed by atoms with Gasteiger partial charge in [0.25, 0.3) is 0 Å². The van der Waals surface area contributed by atoms with Crippen LogP contribution in [0, 0.1) is 5.41 Å².